The van der Waals surface area contributed by atoms with Gasteiger partial charge in [-0.25, -0.2) is 4.98 Å². The largest absolute Gasteiger partial charge is 0.493 e. The van der Waals surface area contributed by atoms with Gasteiger partial charge in [-0.2, -0.15) is 0 Å². The summed E-state index contributed by atoms with van der Waals surface area (Å²) in [6.45, 7) is 1.58. The Hall–Kier alpha value is -2.35. The lowest BCUT2D eigenvalue weighted by Crippen LogP contribution is -2.14. The smallest absolute Gasteiger partial charge is 0.258 e. The maximum atomic E-state index is 12.9. The van der Waals surface area contributed by atoms with Crippen molar-refractivity contribution in [2.24, 2.45) is 0 Å². The highest BCUT2D eigenvalue weighted by molar-refractivity contribution is 7.99. The summed E-state index contributed by atoms with van der Waals surface area (Å²) in [4.78, 5) is 18.5. The summed E-state index contributed by atoms with van der Waals surface area (Å²) in [5.74, 6) is 1.70. The summed E-state index contributed by atoms with van der Waals surface area (Å²) >= 11 is 3.12. The molecular weight excluding hydrogens is 416 g/mol. The number of carbonyl (C=O) groups is 1. The normalized spacial score (nSPS) is 17.5. The molecule has 7 heteroatoms. The fraction of sp³-hybridized carbons (Fsp3) is 0.304. The van der Waals surface area contributed by atoms with Crippen molar-refractivity contribution >= 4 is 34.1 Å². The predicted molar refractivity (Wildman–Crippen MR) is 121 cm³/mol. The van der Waals surface area contributed by atoms with Crippen LogP contribution in [-0.2, 0) is 11.2 Å². The second-order valence-corrected chi connectivity index (χ2v) is 9.28. The van der Waals surface area contributed by atoms with E-state index in [2.05, 4.69) is 16.4 Å². The highest BCUT2D eigenvalue weighted by Crippen LogP contribution is 2.32. The average molecular weight is 439 g/mol. The quantitative estimate of drug-likeness (QED) is 0.532. The van der Waals surface area contributed by atoms with Gasteiger partial charge in [0, 0.05) is 34.6 Å². The Labute approximate surface area is 183 Å². The monoisotopic (exact) mass is 438 g/mol. The van der Waals surface area contributed by atoms with Crippen molar-refractivity contribution in [3.8, 4) is 17.0 Å². The number of nitrogens with zero attached hydrogens (tertiary/aromatic N) is 1. The standard InChI is InChI=1S/C23H22N2O3S2/c26-22(18-5-1-2-6-21(18)29-13-17-4-3-10-27-17)25-23-24-19(14-30-23)15-7-8-20-16(12-15)9-11-28-20/h1-2,5-8,12,14,17H,3-4,9-11,13H2,(H,24,25,26). The van der Waals surface area contributed by atoms with E-state index in [1.807, 2.05) is 41.8 Å². The Kier molecular flexibility index (Phi) is 5.75. The van der Waals surface area contributed by atoms with E-state index in [-0.39, 0.29) is 12.0 Å². The van der Waals surface area contributed by atoms with Crippen molar-refractivity contribution in [2.75, 3.05) is 24.3 Å². The molecule has 154 valence electrons. The van der Waals surface area contributed by atoms with Crippen LogP contribution in [0.1, 0.15) is 28.8 Å². The van der Waals surface area contributed by atoms with Gasteiger partial charge < -0.3 is 9.47 Å². The molecule has 0 radical (unpaired) electrons. The zero-order valence-corrected chi connectivity index (χ0v) is 18.1. The van der Waals surface area contributed by atoms with Gasteiger partial charge in [-0.05, 0) is 48.7 Å². The minimum atomic E-state index is -0.131. The predicted octanol–water partition coefficient (Wildman–Crippen LogP) is 5.27. The van der Waals surface area contributed by atoms with Gasteiger partial charge in [-0.1, -0.05) is 12.1 Å². The molecule has 5 nitrogen and oxygen atoms in total. The SMILES string of the molecule is O=C(Nc1nc(-c2ccc3c(c2)CCO3)cs1)c1ccccc1SCC1CCCO1. The summed E-state index contributed by atoms with van der Waals surface area (Å²) in [6, 6.07) is 13.9. The number of benzene rings is 2. The lowest BCUT2D eigenvalue weighted by Gasteiger charge is -2.11. The van der Waals surface area contributed by atoms with Gasteiger partial charge in [0.05, 0.1) is 24.0 Å². The van der Waals surface area contributed by atoms with Gasteiger partial charge in [0.25, 0.3) is 5.91 Å². The van der Waals surface area contributed by atoms with Crippen LogP contribution in [0.5, 0.6) is 5.75 Å². The molecule has 30 heavy (non-hydrogen) atoms. The summed E-state index contributed by atoms with van der Waals surface area (Å²) < 4.78 is 11.3. The maximum absolute atomic E-state index is 12.9. The summed E-state index contributed by atoms with van der Waals surface area (Å²) in [5, 5.41) is 5.55. The lowest BCUT2D eigenvalue weighted by molar-refractivity contribution is 0.102. The number of amides is 1. The van der Waals surface area contributed by atoms with E-state index < -0.39 is 0 Å². The maximum Gasteiger partial charge on any atom is 0.258 e. The number of nitrogens with one attached hydrogen (secondary N) is 1. The molecule has 2 aliphatic heterocycles. The molecule has 2 aliphatic rings. The van der Waals surface area contributed by atoms with Crippen LogP contribution in [0.4, 0.5) is 5.13 Å². The molecule has 1 saturated heterocycles. The number of hydrogen-bond donors (Lipinski definition) is 1. The first kappa shape index (κ1) is 19.6. The molecule has 3 heterocycles. The zero-order valence-electron chi connectivity index (χ0n) is 16.4. The number of thiazole rings is 1. The molecule has 1 amide bonds. The Bertz CT molecular complexity index is 1060. The number of carbonyl (C=O) groups excluding carboxylic acids is 1. The van der Waals surface area contributed by atoms with Crippen LogP contribution in [0.25, 0.3) is 11.3 Å². The summed E-state index contributed by atoms with van der Waals surface area (Å²) in [5.41, 5.74) is 3.80. The van der Waals surface area contributed by atoms with Crippen LogP contribution >= 0.6 is 23.1 Å². The molecule has 0 spiro atoms. The molecular formula is C23H22N2O3S2. The molecule has 0 bridgehead atoms. The first-order chi connectivity index (χ1) is 14.8. The number of anilines is 1. The van der Waals surface area contributed by atoms with Crippen LogP contribution in [0.3, 0.4) is 0 Å². The van der Waals surface area contributed by atoms with Gasteiger partial charge in [-0.3, -0.25) is 10.1 Å². The van der Waals surface area contributed by atoms with Crippen LogP contribution < -0.4 is 10.1 Å². The van der Waals surface area contributed by atoms with Crippen molar-refractivity contribution in [3.63, 3.8) is 0 Å². The number of rotatable bonds is 6. The fourth-order valence-electron chi connectivity index (χ4n) is 3.71. The van der Waals surface area contributed by atoms with E-state index in [1.54, 1.807) is 11.8 Å². The van der Waals surface area contributed by atoms with E-state index in [0.717, 1.165) is 60.1 Å². The molecule has 3 aromatic rings. The minimum Gasteiger partial charge on any atom is -0.493 e. The number of thioether (sulfide) groups is 1. The molecule has 1 atom stereocenters. The summed E-state index contributed by atoms with van der Waals surface area (Å²) in [6.07, 6.45) is 3.43. The lowest BCUT2D eigenvalue weighted by atomic mass is 10.1. The van der Waals surface area contributed by atoms with Crippen LogP contribution in [0.15, 0.2) is 52.7 Å². The molecule has 1 fully saturated rings. The van der Waals surface area contributed by atoms with Gasteiger partial charge in [-0.15, -0.1) is 23.1 Å². The van der Waals surface area contributed by atoms with Gasteiger partial charge in [0.1, 0.15) is 5.75 Å². The molecule has 5 rings (SSSR count). The molecule has 1 unspecified atom stereocenters. The molecule has 2 aromatic carbocycles. The molecule has 0 saturated carbocycles. The van der Waals surface area contributed by atoms with Crippen LogP contribution in [0.2, 0.25) is 0 Å². The van der Waals surface area contributed by atoms with Crippen LogP contribution in [-0.4, -0.2) is 36.0 Å². The van der Waals surface area contributed by atoms with Crippen molar-refractivity contribution in [1.29, 1.82) is 0 Å². The third kappa shape index (κ3) is 4.24. The highest BCUT2D eigenvalue weighted by atomic mass is 32.2. The van der Waals surface area contributed by atoms with Crippen LogP contribution in [0, 0.1) is 0 Å². The van der Waals surface area contributed by atoms with Crippen molar-refractivity contribution in [2.45, 2.75) is 30.3 Å². The number of aromatic nitrogens is 1. The van der Waals surface area contributed by atoms with Crippen molar-refractivity contribution in [3.05, 3.63) is 59.0 Å². The zero-order chi connectivity index (χ0) is 20.3. The van der Waals surface area contributed by atoms with Crippen molar-refractivity contribution < 1.29 is 14.3 Å². The van der Waals surface area contributed by atoms with Crippen molar-refractivity contribution in [1.82, 2.24) is 4.98 Å². The van der Waals surface area contributed by atoms with E-state index in [4.69, 9.17) is 9.47 Å². The number of fused-ring (bicyclic) bond motifs is 1. The summed E-state index contributed by atoms with van der Waals surface area (Å²) in [7, 11) is 0. The topological polar surface area (TPSA) is 60.5 Å². The second-order valence-electron chi connectivity index (χ2n) is 7.36. The molecule has 1 aromatic heterocycles. The first-order valence-electron chi connectivity index (χ1n) is 10.1. The number of hydrogen-bond acceptors (Lipinski definition) is 6. The first-order valence-corrected chi connectivity index (χ1v) is 12.0. The molecule has 0 aliphatic carbocycles. The molecule has 1 N–H and O–H groups in total. The third-order valence-electron chi connectivity index (χ3n) is 5.29. The minimum absolute atomic E-state index is 0.131. The van der Waals surface area contributed by atoms with E-state index in [1.165, 1.54) is 16.9 Å². The average Bonchev–Trinajstić information content (AvgIpc) is 3.53. The Morgan fingerprint density at radius 1 is 1.23 bits per heavy atom. The second kappa shape index (κ2) is 8.79. The van der Waals surface area contributed by atoms with E-state index >= 15 is 0 Å². The van der Waals surface area contributed by atoms with Gasteiger partial charge >= 0.3 is 0 Å². The highest BCUT2D eigenvalue weighted by Gasteiger charge is 2.19. The number of ether oxygens (including phenoxy) is 2. The Morgan fingerprint density at radius 2 is 2.17 bits per heavy atom. The van der Waals surface area contributed by atoms with Gasteiger partial charge in [0.2, 0.25) is 0 Å². The Balaban J connectivity index is 1.28. The Morgan fingerprint density at radius 3 is 3.07 bits per heavy atom. The fourth-order valence-corrected chi connectivity index (χ4v) is 5.55. The van der Waals surface area contributed by atoms with E-state index in [0.29, 0.717) is 10.7 Å². The van der Waals surface area contributed by atoms with E-state index in [9.17, 15) is 4.79 Å². The van der Waals surface area contributed by atoms with Gasteiger partial charge in [0.15, 0.2) is 5.13 Å². The third-order valence-corrected chi connectivity index (χ3v) is 7.25.